The van der Waals surface area contributed by atoms with Gasteiger partial charge in [0.05, 0.1) is 17.6 Å². The van der Waals surface area contributed by atoms with E-state index in [-0.39, 0.29) is 5.82 Å². The number of aromatic nitrogens is 2. The molecule has 1 fully saturated rings. The van der Waals surface area contributed by atoms with E-state index in [0.717, 1.165) is 41.6 Å². The summed E-state index contributed by atoms with van der Waals surface area (Å²) in [5, 5.41) is 0.701. The number of piperidine rings is 1. The molecule has 0 amide bonds. The zero-order valence-electron chi connectivity index (χ0n) is 14.3. The second kappa shape index (κ2) is 6.68. The summed E-state index contributed by atoms with van der Waals surface area (Å²) in [6.07, 6.45) is 2.36. The highest BCUT2D eigenvalue weighted by atomic mass is 35.5. The van der Waals surface area contributed by atoms with Crippen molar-refractivity contribution in [3.8, 4) is 0 Å². The molecule has 5 heteroatoms. The molecular weight excluding hydrogens is 337 g/mol. The van der Waals surface area contributed by atoms with Crippen LogP contribution >= 0.6 is 11.6 Å². The summed E-state index contributed by atoms with van der Waals surface area (Å²) >= 11 is 6.22. The van der Waals surface area contributed by atoms with Crippen LogP contribution in [-0.4, -0.2) is 22.6 Å². The summed E-state index contributed by atoms with van der Waals surface area (Å²) in [5.41, 5.74) is 3.01. The Morgan fingerprint density at radius 2 is 1.84 bits per heavy atom. The first kappa shape index (κ1) is 16.4. The fraction of sp³-hybridized carbons (Fsp3) is 0.350. The molecule has 25 heavy (non-hydrogen) atoms. The molecule has 1 aliphatic rings. The summed E-state index contributed by atoms with van der Waals surface area (Å²) in [4.78, 5) is 7.23. The standard InChI is InChI=1S/C20H21ClFN3/c1-14-8-10-24(11-9-14)20-23-18-7-4-16(21)12-19(18)25(20)13-15-2-5-17(22)6-3-15/h2-7,12,14H,8-11,13H2,1H3. The van der Waals surface area contributed by atoms with Crippen LogP contribution in [-0.2, 0) is 6.54 Å². The minimum atomic E-state index is -0.215. The summed E-state index contributed by atoms with van der Waals surface area (Å²) in [6.45, 7) is 4.99. The molecule has 3 aromatic rings. The number of hydrogen-bond donors (Lipinski definition) is 0. The Labute approximate surface area is 152 Å². The maximum Gasteiger partial charge on any atom is 0.206 e. The molecule has 2 heterocycles. The predicted molar refractivity (Wildman–Crippen MR) is 101 cm³/mol. The van der Waals surface area contributed by atoms with E-state index in [4.69, 9.17) is 16.6 Å². The topological polar surface area (TPSA) is 21.1 Å². The molecule has 0 atom stereocenters. The second-order valence-corrected chi connectivity index (χ2v) is 7.36. The number of hydrogen-bond acceptors (Lipinski definition) is 2. The van der Waals surface area contributed by atoms with Crippen LogP contribution in [0.2, 0.25) is 5.02 Å². The Balaban J connectivity index is 1.77. The molecule has 2 aromatic carbocycles. The monoisotopic (exact) mass is 357 g/mol. The molecule has 3 nitrogen and oxygen atoms in total. The van der Waals surface area contributed by atoms with Crippen LogP contribution in [0.3, 0.4) is 0 Å². The SMILES string of the molecule is CC1CCN(c2nc3ccc(Cl)cc3n2Cc2ccc(F)cc2)CC1. The van der Waals surface area contributed by atoms with Crippen LogP contribution in [0.15, 0.2) is 42.5 Å². The summed E-state index contributed by atoms with van der Waals surface area (Å²) in [5.74, 6) is 1.53. The Morgan fingerprint density at radius 3 is 2.56 bits per heavy atom. The van der Waals surface area contributed by atoms with Gasteiger partial charge >= 0.3 is 0 Å². The lowest BCUT2D eigenvalue weighted by Gasteiger charge is -2.31. The first-order valence-electron chi connectivity index (χ1n) is 8.75. The van der Waals surface area contributed by atoms with Crippen LogP contribution in [0.5, 0.6) is 0 Å². The molecule has 1 aromatic heterocycles. The highest BCUT2D eigenvalue weighted by Gasteiger charge is 2.22. The van der Waals surface area contributed by atoms with Gasteiger partial charge in [0.1, 0.15) is 5.82 Å². The van der Waals surface area contributed by atoms with Crippen LogP contribution in [0.4, 0.5) is 10.3 Å². The number of fused-ring (bicyclic) bond motifs is 1. The molecule has 0 bridgehead atoms. The smallest absolute Gasteiger partial charge is 0.206 e. The normalized spacial score (nSPS) is 15.9. The van der Waals surface area contributed by atoms with Gasteiger partial charge < -0.3 is 9.47 Å². The molecule has 4 rings (SSSR count). The molecule has 1 saturated heterocycles. The lowest BCUT2D eigenvalue weighted by molar-refractivity contribution is 0.432. The van der Waals surface area contributed by atoms with E-state index in [9.17, 15) is 4.39 Å². The van der Waals surface area contributed by atoms with Crippen molar-refractivity contribution in [2.75, 3.05) is 18.0 Å². The van der Waals surface area contributed by atoms with E-state index in [2.05, 4.69) is 16.4 Å². The maximum atomic E-state index is 13.2. The number of imidazole rings is 1. The van der Waals surface area contributed by atoms with Crippen molar-refractivity contribution < 1.29 is 4.39 Å². The average molecular weight is 358 g/mol. The molecule has 1 aliphatic heterocycles. The van der Waals surface area contributed by atoms with Gasteiger partial charge in [-0.1, -0.05) is 30.7 Å². The van der Waals surface area contributed by atoms with Gasteiger partial charge in [-0.3, -0.25) is 0 Å². The third-order valence-corrected chi connectivity index (χ3v) is 5.25. The Hall–Kier alpha value is -2.07. The minimum absolute atomic E-state index is 0.215. The minimum Gasteiger partial charge on any atom is -0.342 e. The van der Waals surface area contributed by atoms with Gasteiger partial charge in [0, 0.05) is 18.1 Å². The third kappa shape index (κ3) is 3.36. The van der Waals surface area contributed by atoms with Crippen LogP contribution < -0.4 is 4.90 Å². The number of benzene rings is 2. The molecule has 0 aliphatic carbocycles. The maximum absolute atomic E-state index is 13.2. The fourth-order valence-corrected chi connectivity index (χ4v) is 3.63. The third-order valence-electron chi connectivity index (χ3n) is 5.01. The van der Waals surface area contributed by atoms with Crippen molar-refractivity contribution in [3.05, 3.63) is 58.9 Å². The molecule has 0 spiro atoms. The molecule has 0 saturated carbocycles. The van der Waals surface area contributed by atoms with Gasteiger partial charge in [-0.25, -0.2) is 9.37 Å². The van der Waals surface area contributed by atoms with Crippen molar-refractivity contribution >= 4 is 28.6 Å². The number of nitrogens with zero attached hydrogens (tertiary/aromatic N) is 3. The number of rotatable bonds is 3. The highest BCUT2D eigenvalue weighted by Crippen LogP contribution is 2.29. The molecular formula is C20H21ClFN3. The largest absolute Gasteiger partial charge is 0.342 e. The van der Waals surface area contributed by atoms with Gasteiger partial charge in [-0.2, -0.15) is 0 Å². The van der Waals surface area contributed by atoms with E-state index in [1.54, 1.807) is 0 Å². The summed E-state index contributed by atoms with van der Waals surface area (Å²) in [6, 6.07) is 12.5. The van der Waals surface area contributed by atoms with Crippen molar-refractivity contribution in [2.45, 2.75) is 26.3 Å². The molecule has 0 N–H and O–H groups in total. The quantitative estimate of drug-likeness (QED) is 0.649. The molecule has 0 unspecified atom stereocenters. The zero-order chi connectivity index (χ0) is 17.4. The van der Waals surface area contributed by atoms with Crippen LogP contribution in [0, 0.1) is 11.7 Å². The van der Waals surface area contributed by atoms with Gasteiger partial charge in [0.15, 0.2) is 0 Å². The van der Waals surface area contributed by atoms with E-state index in [1.165, 1.54) is 25.0 Å². The van der Waals surface area contributed by atoms with Crippen molar-refractivity contribution in [3.63, 3.8) is 0 Å². The Morgan fingerprint density at radius 1 is 1.12 bits per heavy atom. The van der Waals surface area contributed by atoms with Gasteiger partial charge in [0.25, 0.3) is 0 Å². The number of anilines is 1. The zero-order valence-corrected chi connectivity index (χ0v) is 15.0. The lowest BCUT2D eigenvalue weighted by Crippen LogP contribution is -2.34. The van der Waals surface area contributed by atoms with Crippen molar-refractivity contribution in [1.29, 1.82) is 0 Å². The van der Waals surface area contributed by atoms with E-state index in [1.807, 2.05) is 30.3 Å². The first-order valence-corrected chi connectivity index (χ1v) is 9.13. The summed E-state index contributed by atoms with van der Waals surface area (Å²) < 4.78 is 15.4. The molecule has 0 radical (unpaired) electrons. The second-order valence-electron chi connectivity index (χ2n) is 6.93. The predicted octanol–water partition coefficient (Wildman–Crippen LogP) is 5.11. The van der Waals surface area contributed by atoms with Crippen molar-refractivity contribution in [1.82, 2.24) is 9.55 Å². The van der Waals surface area contributed by atoms with Crippen molar-refractivity contribution in [2.24, 2.45) is 5.92 Å². The van der Waals surface area contributed by atoms with Crippen LogP contribution in [0.1, 0.15) is 25.3 Å². The van der Waals surface area contributed by atoms with E-state index >= 15 is 0 Å². The van der Waals surface area contributed by atoms with E-state index < -0.39 is 0 Å². The first-order chi connectivity index (χ1) is 12.1. The van der Waals surface area contributed by atoms with Gasteiger partial charge in [-0.15, -0.1) is 0 Å². The van der Waals surface area contributed by atoms with Gasteiger partial charge in [0.2, 0.25) is 5.95 Å². The molecule has 130 valence electrons. The summed E-state index contributed by atoms with van der Waals surface area (Å²) in [7, 11) is 0. The Bertz CT molecular complexity index is 880. The van der Waals surface area contributed by atoms with Crippen LogP contribution in [0.25, 0.3) is 11.0 Å². The fourth-order valence-electron chi connectivity index (χ4n) is 3.46. The van der Waals surface area contributed by atoms with E-state index in [0.29, 0.717) is 11.6 Å². The highest BCUT2D eigenvalue weighted by molar-refractivity contribution is 6.31. The number of halogens is 2. The average Bonchev–Trinajstić information content (AvgIpc) is 2.95. The Kier molecular flexibility index (Phi) is 4.38. The lowest BCUT2D eigenvalue weighted by atomic mass is 10.00. The van der Waals surface area contributed by atoms with Gasteiger partial charge in [-0.05, 0) is 54.7 Å².